The highest BCUT2D eigenvalue weighted by Crippen LogP contribution is 2.32. The largest absolute Gasteiger partial charge is 0.316 e. The Morgan fingerprint density at radius 2 is 2.33 bits per heavy atom. The molecule has 80 valence electrons. The molecule has 1 N–H and O–H groups in total. The molecule has 0 unspecified atom stereocenters. The van der Waals surface area contributed by atoms with E-state index in [1.165, 1.54) is 11.3 Å². The summed E-state index contributed by atoms with van der Waals surface area (Å²) < 4.78 is 0. The molecule has 5 heteroatoms. The third kappa shape index (κ3) is 2.49. The molecular formula is C10H11ClN2OS. The third-order valence-corrected chi connectivity index (χ3v) is 3.35. The molecule has 0 spiro atoms. The SMILES string of the molecule is CCc1c(C)sc(NC(=O)CCl)c1C#N. The molecule has 0 aliphatic carbocycles. The second-order valence-electron chi connectivity index (χ2n) is 2.99. The topological polar surface area (TPSA) is 52.9 Å². The number of alkyl halides is 1. The number of carbonyl (C=O) groups is 1. The van der Waals surface area contributed by atoms with Gasteiger partial charge in [0.25, 0.3) is 0 Å². The van der Waals surface area contributed by atoms with Gasteiger partial charge < -0.3 is 5.32 Å². The second-order valence-corrected chi connectivity index (χ2v) is 4.48. The molecule has 0 aromatic carbocycles. The zero-order valence-corrected chi connectivity index (χ0v) is 10.1. The molecule has 0 saturated heterocycles. The standard InChI is InChI=1S/C10H11ClN2OS/c1-3-7-6(2)15-10(8(7)5-12)13-9(14)4-11/h3-4H2,1-2H3,(H,13,14). The summed E-state index contributed by atoms with van der Waals surface area (Å²) in [5, 5.41) is 12.2. The van der Waals surface area contributed by atoms with Gasteiger partial charge in [-0.3, -0.25) is 4.79 Å². The number of hydrogen-bond donors (Lipinski definition) is 1. The van der Waals surface area contributed by atoms with Crippen LogP contribution >= 0.6 is 22.9 Å². The molecule has 1 amide bonds. The lowest BCUT2D eigenvalue weighted by atomic mass is 10.1. The molecule has 1 aromatic rings. The van der Waals surface area contributed by atoms with Crippen LogP contribution in [0.4, 0.5) is 5.00 Å². The number of aryl methyl sites for hydroxylation is 1. The average Bonchev–Trinajstić information content (AvgIpc) is 2.53. The normalized spacial score (nSPS) is 9.73. The molecule has 1 rings (SSSR count). The Hall–Kier alpha value is -1.05. The summed E-state index contributed by atoms with van der Waals surface area (Å²) in [5.41, 5.74) is 1.57. The zero-order chi connectivity index (χ0) is 11.4. The van der Waals surface area contributed by atoms with Crippen LogP contribution in [0.15, 0.2) is 0 Å². The molecule has 0 saturated carbocycles. The number of rotatable bonds is 3. The Balaban J connectivity index is 3.09. The molecule has 1 heterocycles. The van der Waals surface area contributed by atoms with Crippen LogP contribution in [0.3, 0.4) is 0 Å². The molecule has 0 atom stereocenters. The first-order valence-corrected chi connectivity index (χ1v) is 5.87. The Kier molecular flexibility index (Phi) is 4.13. The predicted molar refractivity (Wildman–Crippen MR) is 62.5 cm³/mol. The quantitative estimate of drug-likeness (QED) is 0.829. The maximum atomic E-state index is 11.1. The summed E-state index contributed by atoms with van der Waals surface area (Å²) in [7, 11) is 0. The van der Waals surface area contributed by atoms with Crippen molar-refractivity contribution in [2.24, 2.45) is 0 Å². The van der Waals surface area contributed by atoms with Gasteiger partial charge in [0.05, 0.1) is 5.56 Å². The van der Waals surface area contributed by atoms with E-state index in [1.807, 2.05) is 13.8 Å². The monoisotopic (exact) mass is 242 g/mol. The van der Waals surface area contributed by atoms with Gasteiger partial charge in [0.2, 0.25) is 5.91 Å². The summed E-state index contributed by atoms with van der Waals surface area (Å²) in [6, 6.07) is 2.12. The van der Waals surface area contributed by atoms with E-state index in [4.69, 9.17) is 16.9 Å². The van der Waals surface area contributed by atoms with Crippen LogP contribution in [0.25, 0.3) is 0 Å². The van der Waals surface area contributed by atoms with Crippen molar-refractivity contribution in [2.75, 3.05) is 11.2 Å². The highest BCUT2D eigenvalue weighted by Gasteiger charge is 2.15. The van der Waals surface area contributed by atoms with Crippen molar-refractivity contribution < 1.29 is 4.79 Å². The van der Waals surface area contributed by atoms with Crippen molar-refractivity contribution in [3.05, 3.63) is 16.0 Å². The first-order valence-electron chi connectivity index (χ1n) is 4.52. The van der Waals surface area contributed by atoms with Crippen molar-refractivity contribution in [2.45, 2.75) is 20.3 Å². The van der Waals surface area contributed by atoms with Gasteiger partial charge in [-0.25, -0.2) is 0 Å². The molecule has 0 aliphatic rings. The Morgan fingerprint density at radius 1 is 1.67 bits per heavy atom. The molecule has 1 aromatic heterocycles. The fraction of sp³-hybridized carbons (Fsp3) is 0.400. The van der Waals surface area contributed by atoms with Crippen LogP contribution in [0.5, 0.6) is 0 Å². The maximum Gasteiger partial charge on any atom is 0.239 e. The van der Waals surface area contributed by atoms with Crippen LogP contribution in [-0.4, -0.2) is 11.8 Å². The van der Waals surface area contributed by atoms with Gasteiger partial charge >= 0.3 is 0 Å². The lowest BCUT2D eigenvalue weighted by Crippen LogP contribution is -2.12. The van der Waals surface area contributed by atoms with Gasteiger partial charge in [-0.05, 0) is 18.9 Å². The van der Waals surface area contributed by atoms with Crippen LogP contribution in [0.1, 0.15) is 22.9 Å². The minimum atomic E-state index is -0.280. The lowest BCUT2D eigenvalue weighted by molar-refractivity contribution is -0.113. The minimum absolute atomic E-state index is 0.0940. The van der Waals surface area contributed by atoms with Crippen molar-refractivity contribution in [3.8, 4) is 6.07 Å². The lowest BCUT2D eigenvalue weighted by Gasteiger charge is -1.99. The Bertz CT molecular complexity index is 420. The van der Waals surface area contributed by atoms with Crippen LogP contribution in [0.2, 0.25) is 0 Å². The first kappa shape index (κ1) is 12.0. The van der Waals surface area contributed by atoms with Crippen molar-refractivity contribution >= 4 is 33.8 Å². The van der Waals surface area contributed by atoms with Gasteiger partial charge in [0.15, 0.2) is 0 Å². The smallest absolute Gasteiger partial charge is 0.239 e. The van der Waals surface area contributed by atoms with Gasteiger partial charge in [0.1, 0.15) is 17.0 Å². The number of hydrogen-bond acceptors (Lipinski definition) is 3. The van der Waals surface area contributed by atoms with E-state index in [9.17, 15) is 4.79 Å². The number of amides is 1. The van der Waals surface area contributed by atoms with E-state index >= 15 is 0 Å². The molecule has 0 radical (unpaired) electrons. The molecule has 0 aliphatic heterocycles. The molecule has 0 bridgehead atoms. The number of nitriles is 1. The zero-order valence-electron chi connectivity index (χ0n) is 8.56. The average molecular weight is 243 g/mol. The highest BCUT2D eigenvalue weighted by atomic mass is 35.5. The van der Waals surface area contributed by atoms with E-state index in [0.29, 0.717) is 10.6 Å². The fourth-order valence-electron chi connectivity index (χ4n) is 1.37. The second kappa shape index (κ2) is 5.15. The number of thiophene rings is 1. The number of carbonyl (C=O) groups excluding carboxylic acids is 1. The Morgan fingerprint density at radius 3 is 2.80 bits per heavy atom. The van der Waals surface area contributed by atoms with E-state index in [1.54, 1.807) is 0 Å². The van der Waals surface area contributed by atoms with Gasteiger partial charge in [-0.15, -0.1) is 22.9 Å². The predicted octanol–water partition coefficient (Wildman–Crippen LogP) is 2.67. The number of nitrogens with zero attached hydrogens (tertiary/aromatic N) is 1. The summed E-state index contributed by atoms with van der Waals surface area (Å²) in [5.74, 6) is -0.374. The van der Waals surface area contributed by atoms with Gasteiger partial charge in [-0.1, -0.05) is 6.92 Å². The maximum absolute atomic E-state index is 11.1. The first-order chi connectivity index (χ1) is 7.13. The van der Waals surface area contributed by atoms with Crippen LogP contribution < -0.4 is 5.32 Å². The minimum Gasteiger partial charge on any atom is -0.316 e. The van der Waals surface area contributed by atoms with E-state index in [0.717, 1.165) is 16.9 Å². The van der Waals surface area contributed by atoms with Crippen molar-refractivity contribution in [3.63, 3.8) is 0 Å². The van der Waals surface area contributed by atoms with Gasteiger partial charge in [0, 0.05) is 4.88 Å². The summed E-state index contributed by atoms with van der Waals surface area (Å²) in [6.07, 6.45) is 0.794. The van der Waals surface area contributed by atoms with E-state index in [-0.39, 0.29) is 11.8 Å². The number of nitrogens with one attached hydrogen (secondary N) is 1. The van der Waals surface area contributed by atoms with Crippen LogP contribution in [-0.2, 0) is 11.2 Å². The molecular weight excluding hydrogens is 232 g/mol. The van der Waals surface area contributed by atoms with E-state index < -0.39 is 0 Å². The number of anilines is 1. The molecule has 0 fully saturated rings. The van der Waals surface area contributed by atoms with Crippen molar-refractivity contribution in [1.82, 2.24) is 0 Å². The molecule has 15 heavy (non-hydrogen) atoms. The molecule has 3 nitrogen and oxygen atoms in total. The van der Waals surface area contributed by atoms with Crippen molar-refractivity contribution in [1.29, 1.82) is 5.26 Å². The highest BCUT2D eigenvalue weighted by molar-refractivity contribution is 7.16. The summed E-state index contributed by atoms with van der Waals surface area (Å²) >= 11 is 6.81. The number of halogens is 1. The van der Waals surface area contributed by atoms with Crippen LogP contribution in [0, 0.1) is 18.3 Å². The summed E-state index contributed by atoms with van der Waals surface area (Å²) in [6.45, 7) is 3.93. The Labute approximate surface area is 97.7 Å². The third-order valence-electron chi connectivity index (χ3n) is 2.05. The summed E-state index contributed by atoms with van der Waals surface area (Å²) in [4.78, 5) is 12.2. The fourth-order valence-corrected chi connectivity index (χ4v) is 2.55. The van der Waals surface area contributed by atoms with E-state index in [2.05, 4.69) is 11.4 Å². The van der Waals surface area contributed by atoms with Gasteiger partial charge in [-0.2, -0.15) is 5.26 Å².